The largest absolute Gasteiger partial charge is 0.508 e. The number of phenolic OH excluding ortho intramolecular Hbond substituents is 3. The van der Waals surface area contributed by atoms with E-state index in [1.807, 2.05) is 0 Å². The Balaban J connectivity index is 3.24. The molecule has 0 aromatic heterocycles. The molecule has 1 aromatic rings. The Morgan fingerprint density at radius 1 is 1.13 bits per heavy atom. The van der Waals surface area contributed by atoms with Crippen LogP contribution in [0, 0.1) is 0 Å². The Kier molecular flexibility index (Phi) is 2.99. The maximum Gasteiger partial charge on any atom is 0.281 e. The predicted octanol–water partition coefficient (Wildman–Crippen LogP) is 1.24. The topological polar surface area (TPSA) is 86.7 Å². The van der Waals surface area contributed by atoms with Crippen molar-refractivity contribution >= 4 is 0 Å². The highest BCUT2D eigenvalue weighted by Crippen LogP contribution is 2.44. The predicted molar refractivity (Wildman–Crippen MR) is 49.0 cm³/mol. The standard InChI is InChI=1S/C9H11F2NO3/c10-9(11,1-2-12)8-6(14)3-5(13)4-7(8)15/h3-4,13-15H,1-2,12H2. The molecule has 0 aliphatic rings. The fraction of sp³-hybridized carbons (Fsp3) is 0.333. The molecule has 6 heteroatoms. The summed E-state index contributed by atoms with van der Waals surface area (Å²) in [5, 5.41) is 27.3. The van der Waals surface area contributed by atoms with Gasteiger partial charge in [-0.25, -0.2) is 8.78 Å². The van der Waals surface area contributed by atoms with Crippen LogP contribution >= 0.6 is 0 Å². The number of phenols is 3. The molecule has 5 N–H and O–H groups in total. The molecule has 0 radical (unpaired) electrons. The molecule has 0 amide bonds. The van der Waals surface area contributed by atoms with Gasteiger partial charge in [-0.1, -0.05) is 0 Å². The molecule has 0 saturated carbocycles. The highest BCUT2D eigenvalue weighted by molar-refractivity contribution is 5.50. The third kappa shape index (κ3) is 2.27. The number of rotatable bonds is 3. The van der Waals surface area contributed by atoms with Crippen LogP contribution in [0.4, 0.5) is 8.78 Å². The minimum atomic E-state index is -3.42. The maximum absolute atomic E-state index is 13.3. The molecule has 0 fully saturated rings. The van der Waals surface area contributed by atoms with Crippen molar-refractivity contribution in [2.24, 2.45) is 5.73 Å². The molecule has 0 unspecified atom stereocenters. The summed E-state index contributed by atoms with van der Waals surface area (Å²) < 4.78 is 26.7. The summed E-state index contributed by atoms with van der Waals surface area (Å²) in [7, 11) is 0. The molecule has 4 nitrogen and oxygen atoms in total. The Hall–Kier alpha value is -1.56. The maximum atomic E-state index is 13.3. The summed E-state index contributed by atoms with van der Waals surface area (Å²) in [6.45, 7) is -0.285. The lowest BCUT2D eigenvalue weighted by Crippen LogP contribution is -2.18. The van der Waals surface area contributed by atoms with Gasteiger partial charge in [0.2, 0.25) is 0 Å². The van der Waals surface area contributed by atoms with Crippen LogP contribution in [0.2, 0.25) is 0 Å². The molecule has 0 bridgehead atoms. The van der Waals surface area contributed by atoms with E-state index in [0.29, 0.717) is 0 Å². The fourth-order valence-corrected chi connectivity index (χ4v) is 1.28. The minimum absolute atomic E-state index is 0.285. The van der Waals surface area contributed by atoms with Gasteiger partial charge in [-0.15, -0.1) is 0 Å². The van der Waals surface area contributed by atoms with Crippen molar-refractivity contribution in [2.45, 2.75) is 12.3 Å². The monoisotopic (exact) mass is 219 g/mol. The van der Waals surface area contributed by atoms with Crippen LogP contribution in [0.1, 0.15) is 12.0 Å². The number of hydrogen-bond donors (Lipinski definition) is 4. The highest BCUT2D eigenvalue weighted by atomic mass is 19.3. The van der Waals surface area contributed by atoms with E-state index in [1.54, 1.807) is 0 Å². The summed E-state index contributed by atoms with van der Waals surface area (Å²) >= 11 is 0. The second-order valence-corrected chi connectivity index (χ2v) is 3.10. The van der Waals surface area contributed by atoms with Crippen LogP contribution in [0.15, 0.2) is 12.1 Å². The van der Waals surface area contributed by atoms with Crippen molar-refractivity contribution in [1.29, 1.82) is 0 Å². The molecular weight excluding hydrogens is 208 g/mol. The molecule has 0 saturated heterocycles. The zero-order valence-electron chi connectivity index (χ0n) is 7.74. The van der Waals surface area contributed by atoms with Crippen LogP contribution in [0.3, 0.4) is 0 Å². The molecule has 15 heavy (non-hydrogen) atoms. The summed E-state index contributed by atoms with van der Waals surface area (Å²) in [6.07, 6.45) is -0.696. The summed E-state index contributed by atoms with van der Waals surface area (Å²) in [6, 6.07) is 1.47. The van der Waals surface area contributed by atoms with Crippen LogP contribution in [0.5, 0.6) is 17.2 Å². The van der Waals surface area contributed by atoms with Gasteiger partial charge in [0.25, 0.3) is 5.92 Å². The van der Waals surface area contributed by atoms with Crippen LogP contribution < -0.4 is 5.73 Å². The number of hydrogen-bond acceptors (Lipinski definition) is 4. The molecular formula is C9H11F2NO3. The third-order valence-corrected chi connectivity index (χ3v) is 1.91. The average molecular weight is 219 g/mol. The third-order valence-electron chi connectivity index (χ3n) is 1.91. The number of aromatic hydroxyl groups is 3. The van der Waals surface area contributed by atoms with Crippen molar-refractivity contribution in [3.8, 4) is 17.2 Å². The van der Waals surface area contributed by atoms with Crippen molar-refractivity contribution in [3.05, 3.63) is 17.7 Å². The van der Waals surface area contributed by atoms with Gasteiger partial charge in [0, 0.05) is 18.6 Å². The van der Waals surface area contributed by atoms with Gasteiger partial charge in [0.15, 0.2) is 0 Å². The van der Waals surface area contributed by atoms with E-state index in [0.717, 1.165) is 12.1 Å². The van der Waals surface area contributed by atoms with Gasteiger partial charge in [-0.2, -0.15) is 0 Å². The zero-order valence-corrected chi connectivity index (χ0v) is 7.74. The first-order chi connectivity index (χ1) is 6.88. The summed E-state index contributed by atoms with van der Waals surface area (Å²) in [4.78, 5) is 0. The number of benzene rings is 1. The van der Waals surface area contributed by atoms with Crippen molar-refractivity contribution < 1.29 is 24.1 Å². The quantitative estimate of drug-likeness (QED) is 0.616. The Morgan fingerprint density at radius 3 is 2.00 bits per heavy atom. The van der Waals surface area contributed by atoms with Gasteiger partial charge in [0.1, 0.15) is 22.8 Å². The van der Waals surface area contributed by atoms with E-state index in [2.05, 4.69) is 0 Å². The summed E-state index contributed by atoms with van der Waals surface area (Å²) in [5.41, 5.74) is 4.08. The Morgan fingerprint density at radius 2 is 1.60 bits per heavy atom. The molecule has 0 aliphatic heterocycles. The van der Waals surface area contributed by atoms with Crippen LogP contribution in [0.25, 0.3) is 0 Å². The Labute approximate surface area is 84.6 Å². The lowest BCUT2D eigenvalue weighted by atomic mass is 10.0. The first-order valence-corrected chi connectivity index (χ1v) is 4.22. The summed E-state index contributed by atoms with van der Waals surface area (Å²) in [5.74, 6) is -5.62. The van der Waals surface area contributed by atoms with Crippen molar-refractivity contribution in [2.75, 3.05) is 6.54 Å². The smallest absolute Gasteiger partial charge is 0.281 e. The minimum Gasteiger partial charge on any atom is -0.508 e. The first kappa shape index (κ1) is 11.5. The van der Waals surface area contributed by atoms with E-state index >= 15 is 0 Å². The van der Waals surface area contributed by atoms with Crippen molar-refractivity contribution in [3.63, 3.8) is 0 Å². The molecule has 1 aromatic carbocycles. The highest BCUT2D eigenvalue weighted by Gasteiger charge is 2.36. The zero-order chi connectivity index (χ0) is 11.6. The number of alkyl halides is 2. The van der Waals surface area contributed by atoms with Gasteiger partial charge in [-0.05, 0) is 6.54 Å². The van der Waals surface area contributed by atoms with Crippen LogP contribution in [-0.2, 0) is 5.92 Å². The number of halogens is 2. The van der Waals surface area contributed by atoms with E-state index in [4.69, 9.17) is 10.8 Å². The van der Waals surface area contributed by atoms with E-state index in [1.165, 1.54) is 0 Å². The first-order valence-electron chi connectivity index (χ1n) is 4.22. The molecule has 0 atom stereocenters. The Bertz CT molecular complexity index is 345. The lowest BCUT2D eigenvalue weighted by molar-refractivity contribution is -0.0148. The van der Waals surface area contributed by atoms with Gasteiger partial charge < -0.3 is 21.1 Å². The van der Waals surface area contributed by atoms with E-state index in [9.17, 15) is 19.0 Å². The van der Waals surface area contributed by atoms with Gasteiger partial charge in [-0.3, -0.25) is 0 Å². The van der Waals surface area contributed by atoms with Crippen molar-refractivity contribution in [1.82, 2.24) is 0 Å². The second kappa shape index (κ2) is 3.90. The molecule has 0 aliphatic carbocycles. The molecule has 0 spiro atoms. The lowest BCUT2D eigenvalue weighted by Gasteiger charge is -2.18. The van der Waals surface area contributed by atoms with E-state index in [-0.39, 0.29) is 6.54 Å². The molecule has 1 rings (SSSR count). The normalized spacial score (nSPS) is 11.7. The average Bonchev–Trinajstić information content (AvgIpc) is 1.99. The fourth-order valence-electron chi connectivity index (χ4n) is 1.28. The van der Waals surface area contributed by atoms with E-state index < -0.39 is 35.2 Å². The molecule has 0 heterocycles. The second-order valence-electron chi connectivity index (χ2n) is 3.10. The SMILES string of the molecule is NCCC(F)(F)c1c(O)cc(O)cc1O. The molecule has 84 valence electrons. The van der Waals surface area contributed by atoms with Crippen LogP contribution in [-0.4, -0.2) is 21.9 Å². The van der Waals surface area contributed by atoms with Gasteiger partial charge in [0.05, 0.1) is 0 Å². The number of nitrogens with two attached hydrogens (primary N) is 1. The van der Waals surface area contributed by atoms with Gasteiger partial charge >= 0.3 is 0 Å².